The molecule has 0 aromatic heterocycles. The van der Waals surface area contributed by atoms with E-state index in [2.05, 4.69) is 54.5 Å². The third-order valence-electron chi connectivity index (χ3n) is 4.41. The highest BCUT2D eigenvalue weighted by Gasteiger charge is 2.17. The van der Waals surface area contributed by atoms with E-state index in [1.54, 1.807) is 0 Å². The van der Waals surface area contributed by atoms with Crippen LogP contribution in [-0.2, 0) is 0 Å². The summed E-state index contributed by atoms with van der Waals surface area (Å²) >= 11 is 0. The zero-order chi connectivity index (χ0) is 13.5. The van der Waals surface area contributed by atoms with E-state index in [0.29, 0.717) is 6.04 Å². The molecule has 0 bridgehead atoms. The van der Waals surface area contributed by atoms with Crippen LogP contribution in [0.25, 0.3) is 0 Å². The quantitative estimate of drug-likeness (QED) is 0.840. The third kappa shape index (κ3) is 4.63. The van der Waals surface area contributed by atoms with Crippen LogP contribution in [0.4, 0.5) is 0 Å². The zero-order valence-electron chi connectivity index (χ0n) is 12.4. The number of benzene rings is 1. The largest absolute Gasteiger partial charge is 0.309 e. The van der Waals surface area contributed by atoms with Crippen LogP contribution in [0.2, 0.25) is 0 Å². The molecule has 1 fully saturated rings. The molecule has 0 radical (unpaired) electrons. The fraction of sp³-hybridized carbons (Fsp3) is 0.647. The van der Waals surface area contributed by atoms with Crippen molar-refractivity contribution in [1.82, 2.24) is 10.2 Å². The van der Waals surface area contributed by atoms with Crippen LogP contribution in [0, 0.1) is 0 Å². The lowest BCUT2D eigenvalue weighted by molar-refractivity contribution is 0.191. The van der Waals surface area contributed by atoms with Crippen LogP contribution in [-0.4, -0.2) is 31.1 Å². The molecule has 19 heavy (non-hydrogen) atoms. The smallest absolute Gasteiger partial charge is 0.0292 e. The number of hydrogen-bond donors (Lipinski definition) is 1. The van der Waals surface area contributed by atoms with E-state index < -0.39 is 0 Å². The van der Waals surface area contributed by atoms with Crippen molar-refractivity contribution in [3.8, 4) is 0 Å². The summed E-state index contributed by atoms with van der Waals surface area (Å²) in [6, 6.07) is 12.0. The van der Waals surface area contributed by atoms with Crippen molar-refractivity contribution in [3.05, 3.63) is 35.9 Å². The van der Waals surface area contributed by atoms with Gasteiger partial charge in [-0.15, -0.1) is 0 Å². The summed E-state index contributed by atoms with van der Waals surface area (Å²) in [7, 11) is 2.28. The second kappa shape index (κ2) is 7.66. The Bertz CT molecular complexity index is 344. The van der Waals surface area contributed by atoms with Gasteiger partial charge in [0.25, 0.3) is 0 Å². The lowest BCUT2D eigenvalue weighted by Gasteiger charge is -2.31. The molecule has 0 aliphatic heterocycles. The van der Waals surface area contributed by atoms with Crippen molar-refractivity contribution in [2.45, 2.75) is 51.1 Å². The van der Waals surface area contributed by atoms with Crippen LogP contribution in [0.15, 0.2) is 30.3 Å². The van der Waals surface area contributed by atoms with E-state index in [9.17, 15) is 0 Å². The zero-order valence-corrected chi connectivity index (χ0v) is 12.4. The number of likely N-dealkylation sites (N-methyl/N-ethyl adjacent to an activating group) is 1. The molecule has 0 amide bonds. The Labute approximate surface area is 118 Å². The summed E-state index contributed by atoms with van der Waals surface area (Å²) in [6.07, 6.45) is 7.06. The normalized spacial score (nSPS) is 18.7. The van der Waals surface area contributed by atoms with E-state index in [4.69, 9.17) is 0 Å². The number of hydrogen-bond acceptors (Lipinski definition) is 2. The average Bonchev–Trinajstić information content (AvgIpc) is 2.49. The highest BCUT2D eigenvalue weighted by atomic mass is 15.1. The Morgan fingerprint density at radius 1 is 1.16 bits per heavy atom. The van der Waals surface area contributed by atoms with Gasteiger partial charge in [0.1, 0.15) is 0 Å². The second-order valence-electron chi connectivity index (χ2n) is 5.86. The molecule has 1 aromatic rings. The first-order chi connectivity index (χ1) is 9.27. The van der Waals surface area contributed by atoms with Crippen molar-refractivity contribution < 1.29 is 0 Å². The summed E-state index contributed by atoms with van der Waals surface area (Å²) < 4.78 is 0. The maximum Gasteiger partial charge on any atom is 0.0292 e. The molecule has 106 valence electrons. The highest BCUT2D eigenvalue weighted by molar-refractivity contribution is 5.17. The molecule has 1 N–H and O–H groups in total. The first kappa shape index (κ1) is 14.5. The van der Waals surface area contributed by atoms with Gasteiger partial charge in [-0.1, -0.05) is 49.6 Å². The third-order valence-corrected chi connectivity index (χ3v) is 4.41. The van der Waals surface area contributed by atoms with Gasteiger partial charge in [0.2, 0.25) is 0 Å². The first-order valence-electron chi connectivity index (χ1n) is 7.76. The second-order valence-corrected chi connectivity index (χ2v) is 5.86. The molecule has 1 atom stereocenters. The summed E-state index contributed by atoms with van der Waals surface area (Å²) in [4.78, 5) is 2.55. The van der Waals surface area contributed by atoms with Crippen LogP contribution < -0.4 is 5.32 Å². The van der Waals surface area contributed by atoms with Crippen molar-refractivity contribution >= 4 is 0 Å². The van der Waals surface area contributed by atoms with Crippen LogP contribution in [0.3, 0.4) is 0 Å². The Morgan fingerprint density at radius 3 is 2.53 bits per heavy atom. The van der Waals surface area contributed by atoms with Gasteiger partial charge in [-0.2, -0.15) is 0 Å². The number of nitrogens with one attached hydrogen (secondary N) is 1. The summed E-state index contributed by atoms with van der Waals surface area (Å²) in [5.41, 5.74) is 1.38. The van der Waals surface area contributed by atoms with Gasteiger partial charge >= 0.3 is 0 Å². The molecule has 1 saturated carbocycles. The predicted molar refractivity (Wildman–Crippen MR) is 82.4 cm³/mol. The fourth-order valence-electron chi connectivity index (χ4n) is 3.02. The summed E-state index contributed by atoms with van der Waals surface area (Å²) in [5.74, 6) is 0. The molecule has 2 rings (SSSR count). The molecular formula is C17H28N2. The van der Waals surface area contributed by atoms with Gasteiger partial charge in [-0.05, 0) is 32.4 Å². The Kier molecular flexibility index (Phi) is 5.87. The lowest BCUT2D eigenvalue weighted by Crippen LogP contribution is -2.38. The van der Waals surface area contributed by atoms with Gasteiger partial charge in [0.15, 0.2) is 0 Å². The van der Waals surface area contributed by atoms with Gasteiger partial charge < -0.3 is 10.2 Å². The monoisotopic (exact) mass is 260 g/mol. The predicted octanol–water partition coefficient (Wildman–Crippen LogP) is 3.60. The minimum Gasteiger partial charge on any atom is -0.309 e. The topological polar surface area (TPSA) is 15.3 Å². The standard InChI is InChI=1S/C17H28N2/c1-15(16-9-5-3-6-10-16)18-13-14-19(2)17-11-7-4-8-12-17/h3,5-6,9-10,15,17-18H,4,7-8,11-14H2,1-2H3. The molecule has 2 nitrogen and oxygen atoms in total. The number of nitrogens with zero attached hydrogens (tertiary/aromatic N) is 1. The SMILES string of the molecule is CC(NCCN(C)C1CCCCC1)c1ccccc1. The minimum atomic E-state index is 0.445. The van der Waals surface area contributed by atoms with Crippen molar-refractivity contribution in [2.75, 3.05) is 20.1 Å². The summed E-state index contributed by atoms with van der Waals surface area (Å²) in [6.45, 7) is 4.47. The Balaban J connectivity index is 1.68. The van der Waals surface area contributed by atoms with Crippen molar-refractivity contribution in [2.24, 2.45) is 0 Å². The van der Waals surface area contributed by atoms with Crippen molar-refractivity contribution in [3.63, 3.8) is 0 Å². The van der Waals surface area contributed by atoms with Gasteiger partial charge in [0.05, 0.1) is 0 Å². The minimum absolute atomic E-state index is 0.445. The van der Waals surface area contributed by atoms with E-state index in [1.807, 2.05) is 0 Å². The van der Waals surface area contributed by atoms with Crippen LogP contribution in [0.1, 0.15) is 50.6 Å². The Hall–Kier alpha value is -0.860. The molecule has 0 heterocycles. The van der Waals surface area contributed by atoms with E-state index in [0.717, 1.165) is 19.1 Å². The average molecular weight is 260 g/mol. The van der Waals surface area contributed by atoms with Crippen LogP contribution in [0.5, 0.6) is 0 Å². The van der Waals surface area contributed by atoms with Gasteiger partial charge in [-0.25, -0.2) is 0 Å². The molecule has 0 saturated heterocycles. The van der Waals surface area contributed by atoms with E-state index >= 15 is 0 Å². The highest BCUT2D eigenvalue weighted by Crippen LogP contribution is 2.21. The molecule has 1 unspecified atom stereocenters. The maximum absolute atomic E-state index is 3.63. The maximum atomic E-state index is 3.63. The number of rotatable bonds is 6. The molecule has 2 heteroatoms. The summed E-state index contributed by atoms with van der Waals surface area (Å²) in [5, 5.41) is 3.63. The Morgan fingerprint density at radius 2 is 1.84 bits per heavy atom. The first-order valence-corrected chi connectivity index (χ1v) is 7.76. The van der Waals surface area contributed by atoms with Gasteiger partial charge in [0, 0.05) is 25.2 Å². The van der Waals surface area contributed by atoms with E-state index in [-0.39, 0.29) is 0 Å². The van der Waals surface area contributed by atoms with E-state index in [1.165, 1.54) is 37.7 Å². The lowest BCUT2D eigenvalue weighted by atomic mass is 9.94. The molecule has 0 spiro atoms. The molecule has 1 aliphatic carbocycles. The van der Waals surface area contributed by atoms with Gasteiger partial charge in [-0.3, -0.25) is 0 Å². The molecular weight excluding hydrogens is 232 g/mol. The molecule has 1 aliphatic rings. The van der Waals surface area contributed by atoms with Crippen LogP contribution >= 0.6 is 0 Å². The van der Waals surface area contributed by atoms with Crippen molar-refractivity contribution in [1.29, 1.82) is 0 Å². The molecule has 1 aromatic carbocycles. The fourth-order valence-corrected chi connectivity index (χ4v) is 3.02.